The van der Waals surface area contributed by atoms with E-state index in [1.54, 1.807) is 0 Å². The summed E-state index contributed by atoms with van der Waals surface area (Å²) in [6, 6.07) is 5.84. The molecule has 2 fully saturated rings. The molecular weight excluding hydrogens is 348 g/mol. The first kappa shape index (κ1) is 18.1. The second kappa shape index (κ2) is 7.76. The molecule has 0 N–H and O–H groups in total. The molecule has 0 aliphatic carbocycles. The Morgan fingerprint density at radius 2 is 1.63 bits per heavy atom. The van der Waals surface area contributed by atoms with Gasteiger partial charge in [0.25, 0.3) is 0 Å². The first-order valence-electron chi connectivity index (χ1n) is 9.60. The molecule has 0 amide bonds. The minimum absolute atomic E-state index is 0.473. The number of aryl methyl sites for hydroxylation is 1. The Morgan fingerprint density at radius 1 is 0.889 bits per heavy atom. The predicted molar refractivity (Wildman–Crippen MR) is 102 cm³/mol. The summed E-state index contributed by atoms with van der Waals surface area (Å²) in [5.74, 6) is 0.795. The first-order chi connectivity index (χ1) is 13.1. The van der Waals surface area contributed by atoms with Crippen LogP contribution in [0.2, 0.25) is 0 Å². The van der Waals surface area contributed by atoms with Crippen LogP contribution in [0.4, 0.5) is 20.5 Å². The van der Waals surface area contributed by atoms with Gasteiger partial charge < -0.3 is 9.80 Å². The lowest BCUT2D eigenvalue weighted by molar-refractivity contribution is 0.246. The van der Waals surface area contributed by atoms with E-state index in [1.807, 2.05) is 13.0 Å². The van der Waals surface area contributed by atoms with E-state index in [4.69, 9.17) is 4.98 Å². The van der Waals surface area contributed by atoms with Crippen molar-refractivity contribution in [3.63, 3.8) is 0 Å². The normalized spacial score (nSPS) is 18.3. The van der Waals surface area contributed by atoms with E-state index < -0.39 is 11.6 Å². The second-order valence-corrected chi connectivity index (χ2v) is 7.36. The lowest BCUT2D eigenvalue weighted by Crippen LogP contribution is -2.46. The highest BCUT2D eigenvalue weighted by Gasteiger charge is 2.22. The maximum absolute atomic E-state index is 13.9. The van der Waals surface area contributed by atoms with Gasteiger partial charge in [0.15, 0.2) is 0 Å². The topological polar surface area (TPSA) is 35.5 Å². The Balaban J connectivity index is 1.40. The molecule has 1 aromatic carbocycles. The predicted octanol–water partition coefficient (Wildman–Crippen LogP) is 2.99. The lowest BCUT2D eigenvalue weighted by Gasteiger charge is -2.35. The van der Waals surface area contributed by atoms with Gasteiger partial charge in [-0.2, -0.15) is 4.98 Å². The number of anilines is 2. The van der Waals surface area contributed by atoms with E-state index in [9.17, 15) is 8.78 Å². The van der Waals surface area contributed by atoms with E-state index in [1.165, 1.54) is 25.0 Å². The monoisotopic (exact) mass is 373 g/mol. The number of hydrogen-bond donors (Lipinski definition) is 0. The zero-order valence-electron chi connectivity index (χ0n) is 15.7. The minimum Gasteiger partial charge on any atom is -0.354 e. The molecule has 2 aromatic rings. The third-order valence-corrected chi connectivity index (χ3v) is 5.32. The molecule has 0 saturated carbocycles. The molecule has 0 radical (unpaired) electrons. The molecule has 4 rings (SSSR count). The summed E-state index contributed by atoms with van der Waals surface area (Å²) in [6.07, 6.45) is 2.40. The summed E-state index contributed by atoms with van der Waals surface area (Å²) >= 11 is 0. The van der Waals surface area contributed by atoms with Crippen LogP contribution in [0.15, 0.2) is 24.3 Å². The molecule has 5 nitrogen and oxygen atoms in total. The molecule has 0 unspecified atom stereocenters. The zero-order valence-corrected chi connectivity index (χ0v) is 15.7. The third kappa shape index (κ3) is 4.18. The number of halogens is 2. The summed E-state index contributed by atoms with van der Waals surface area (Å²) in [5.41, 5.74) is 1.52. The summed E-state index contributed by atoms with van der Waals surface area (Å²) in [6.45, 7) is 7.87. The standard InChI is InChI=1S/C20H25F2N5/c1-15-12-19(24-20(23-15)27-6-2-3-7-27)26-10-8-25(9-11-26)14-16-4-5-17(21)13-18(16)22/h4-5,12-13H,2-3,6-11,14H2,1H3. The van der Waals surface area contributed by atoms with Crippen molar-refractivity contribution in [3.8, 4) is 0 Å². The average Bonchev–Trinajstić information content (AvgIpc) is 3.19. The highest BCUT2D eigenvalue weighted by atomic mass is 19.1. The van der Waals surface area contributed by atoms with Crippen molar-refractivity contribution in [2.45, 2.75) is 26.3 Å². The summed E-state index contributed by atoms with van der Waals surface area (Å²) < 4.78 is 27.0. The average molecular weight is 373 g/mol. The Hall–Kier alpha value is -2.28. The van der Waals surface area contributed by atoms with E-state index in [0.29, 0.717) is 12.1 Å². The van der Waals surface area contributed by atoms with Crippen LogP contribution >= 0.6 is 0 Å². The zero-order chi connectivity index (χ0) is 18.8. The number of benzene rings is 1. The molecule has 2 aliphatic heterocycles. The quantitative estimate of drug-likeness (QED) is 0.823. The Bertz CT molecular complexity index is 799. The van der Waals surface area contributed by atoms with Crippen molar-refractivity contribution in [2.24, 2.45) is 0 Å². The molecule has 0 bridgehead atoms. The molecule has 3 heterocycles. The first-order valence-corrected chi connectivity index (χ1v) is 9.60. The van der Waals surface area contributed by atoms with Crippen LogP contribution in [-0.2, 0) is 6.54 Å². The van der Waals surface area contributed by atoms with Crippen LogP contribution in [-0.4, -0.2) is 54.1 Å². The number of piperazine rings is 1. The Morgan fingerprint density at radius 3 is 2.33 bits per heavy atom. The van der Waals surface area contributed by atoms with Gasteiger partial charge in [0.1, 0.15) is 17.5 Å². The lowest BCUT2D eigenvalue weighted by atomic mass is 10.1. The van der Waals surface area contributed by atoms with Gasteiger partial charge in [0.05, 0.1) is 0 Å². The Kier molecular flexibility index (Phi) is 5.20. The van der Waals surface area contributed by atoms with Crippen molar-refractivity contribution in [1.29, 1.82) is 0 Å². The van der Waals surface area contributed by atoms with Crippen LogP contribution in [0.1, 0.15) is 24.1 Å². The van der Waals surface area contributed by atoms with Gasteiger partial charge in [-0.15, -0.1) is 0 Å². The maximum atomic E-state index is 13.9. The van der Waals surface area contributed by atoms with E-state index >= 15 is 0 Å². The van der Waals surface area contributed by atoms with Crippen LogP contribution < -0.4 is 9.80 Å². The molecule has 27 heavy (non-hydrogen) atoms. The SMILES string of the molecule is Cc1cc(N2CCN(Cc3ccc(F)cc3F)CC2)nc(N2CCCC2)n1. The van der Waals surface area contributed by atoms with Gasteiger partial charge in [-0.05, 0) is 25.8 Å². The van der Waals surface area contributed by atoms with Crippen molar-refractivity contribution in [1.82, 2.24) is 14.9 Å². The van der Waals surface area contributed by atoms with E-state index in [0.717, 1.165) is 62.8 Å². The van der Waals surface area contributed by atoms with Crippen LogP contribution in [0, 0.1) is 18.6 Å². The van der Waals surface area contributed by atoms with Gasteiger partial charge in [-0.3, -0.25) is 4.90 Å². The summed E-state index contributed by atoms with van der Waals surface area (Å²) in [4.78, 5) is 16.1. The second-order valence-electron chi connectivity index (χ2n) is 7.36. The number of aromatic nitrogens is 2. The fourth-order valence-corrected chi connectivity index (χ4v) is 3.78. The maximum Gasteiger partial charge on any atom is 0.227 e. The number of rotatable bonds is 4. The van der Waals surface area contributed by atoms with Gasteiger partial charge in [-0.1, -0.05) is 6.07 Å². The Labute approximate surface area is 158 Å². The van der Waals surface area contributed by atoms with Gasteiger partial charge in [0.2, 0.25) is 5.95 Å². The number of hydrogen-bond acceptors (Lipinski definition) is 5. The molecule has 2 aliphatic rings. The third-order valence-electron chi connectivity index (χ3n) is 5.32. The van der Waals surface area contributed by atoms with Gasteiger partial charge in [-0.25, -0.2) is 13.8 Å². The fourth-order valence-electron chi connectivity index (χ4n) is 3.78. The molecule has 0 atom stereocenters. The molecule has 7 heteroatoms. The molecular formula is C20H25F2N5. The van der Waals surface area contributed by atoms with Crippen molar-refractivity contribution in [3.05, 3.63) is 47.2 Å². The van der Waals surface area contributed by atoms with Gasteiger partial charge >= 0.3 is 0 Å². The minimum atomic E-state index is -0.533. The molecule has 2 saturated heterocycles. The van der Waals surface area contributed by atoms with Gasteiger partial charge in [0, 0.05) is 69.2 Å². The smallest absolute Gasteiger partial charge is 0.227 e. The molecule has 144 valence electrons. The number of nitrogens with zero attached hydrogens (tertiary/aromatic N) is 5. The highest BCUT2D eigenvalue weighted by Crippen LogP contribution is 2.22. The summed E-state index contributed by atoms with van der Waals surface area (Å²) in [5, 5.41) is 0. The largest absolute Gasteiger partial charge is 0.354 e. The van der Waals surface area contributed by atoms with E-state index in [2.05, 4.69) is 19.7 Å². The molecule has 0 spiro atoms. The summed E-state index contributed by atoms with van der Waals surface area (Å²) in [7, 11) is 0. The highest BCUT2D eigenvalue weighted by molar-refractivity contribution is 5.46. The van der Waals surface area contributed by atoms with Crippen LogP contribution in [0.5, 0.6) is 0 Å². The van der Waals surface area contributed by atoms with Crippen molar-refractivity contribution < 1.29 is 8.78 Å². The van der Waals surface area contributed by atoms with E-state index in [-0.39, 0.29) is 0 Å². The van der Waals surface area contributed by atoms with Crippen LogP contribution in [0.25, 0.3) is 0 Å². The fraction of sp³-hybridized carbons (Fsp3) is 0.500. The van der Waals surface area contributed by atoms with Crippen LogP contribution in [0.3, 0.4) is 0 Å². The molecule has 1 aromatic heterocycles. The van der Waals surface area contributed by atoms with Crippen molar-refractivity contribution >= 4 is 11.8 Å². The van der Waals surface area contributed by atoms with Crippen molar-refractivity contribution in [2.75, 3.05) is 49.1 Å².